The molecular formula is C12H26N2O. The van der Waals surface area contributed by atoms with Gasteiger partial charge in [-0.15, -0.1) is 0 Å². The Morgan fingerprint density at radius 3 is 2.87 bits per heavy atom. The molecule has 0 aromatic heterocycles. The molecule has 1 aliphatic heterocycles. The van der Waals surface area contributed by atoms with E-state index >= 15 is 0 Å². The molecule has 0 aromatic rings. The van der Waals surface area contributed by atoms with Gasteiger partial charge >= 0.3 is 0 Å². The van der Waals surface area contributed by atoms with E-state index in [0.717, 1.165) is 32.5 Å². The molecule has 3 heteroatoms. The molecule has 3 nitrogen and oxygen atoms in total. The number of ether oxygens (including phenoxy) is 1. The van der Waals surface area contributed by atoms with Crippen LogP contribution >= 0.6 is 0 Å². The molecule has 1 aliphatic rings. The predicted molar refractivity (Wildman–Crippen MR) is 64.0 cm³/mol. The largest absolute Gasteiger partial charge is 0.374 e. The zero-order valence-electron chi connectivity index (χ0n) is 10.2. The standard InChI is InChI=1S/C12H26N2O/c1-3-5-11(13)6-8-14-10-12(2)7-4-9-15-12/h11,14H,3-10,13H2,1-2H3. The van der Waals surface area contributed by atoms with E-state index in [0.29, 0.717) is 6.04 Å². The monoisotopic (exact) mass is 214 g/mol. The molecule has 2 atom stereocenters. The smallest absolute Gasteiger partial charge is 0.0779 e. The van der Waals surface area contributed by atoms with Gasteiger partial charge in [-0.1, -0.05) is 13.3 Å². The second-order valence-corrected chi connectivity index (χ2v) is 4.92. The van der Waals surface area contributed by atoms with E-state index in [1.165, 1.54) is 19.3 Å². The van der Waals surface area contributed by atoms with Gasteiger partial charge in [-0.2, -0.15) is 0 Å². The van der Waals surface area contributed by atoms with Crippen molar-refractivity contribution in [1.29, 1.82) is 0 Å². The van der Waals surface area contributed by atoms with Gasteiger partial charge in [-0.05, 0) is 39.2 Å². The molecule has 0 bridgehead atoms. The van der Waals surface area contributed by atoms with Crippen molar-refractivity contribution in [2.45, 2.75) is 57.6 Å². The zero-order chi connectivity index (χ0) is 11.1. The second kappa shape index (κ2) is 6.46. The lowest BCUT2D eigenvalue weighted by Gasteiger charge is -2.23. The van der Waals surface area contributed by atoms with Crippen LogP contribution in [0.2, 0.25) is 0 Å². The summed E-state index contributed by atoms with van der Waals surface area (Å²) in [6, 6.07) is 0.361. The fourth-order valence-corrected chi connectivity index (χ4v) is 2.13. The van der Waals surface area contributed by atoms with Crippen LogP contribution in [0.15, 0.2) is 0 Å². The lowest BCUT2D eigenvalue weighted by Crippen LogP contribution is -2.38. The summed E-state index contributed by atoms with van der Waals surface area (Å²) < 4.78 is 5.70. The minimum Gasteiger partial charge on any atom is -0.374 e. The first-order valence-corrected chi connectivity index (χ1v) is 6.26. The summed E-state index contributed by atoms with van der Waals surface area (Å²) >= 11 is 0. The van der Waals surface area contributed by atoms with E-state index in [2.05, 4.69) is 19.2 Å². The summed E-state index contributed by atoms with van der Waals surface area (Å²) in [6.07, 6.45) is 5.77. The first kappa shape index (κ1) is 12.9. The summed E-state index contributed by atoms with van der Waals surface area (Å²) in [6.45, 7) is 7.28. The lowest BCUT2D eigenvalue weighted by molar-refractivity contribution is 0.0209. The topological polar surface area (TPSA) is 47.3 Å². The Kier molecular flexibility index (Phi) is 5.58. The minimum absolute atomic E-state index is 0.0782. The minimum atomic E-state index is 0.0782. The molecule has 15 heavy (non-hydrogen) atoms. The van der Waals surface area contributed by atoms with Crippen LogP contribution in [0.3, 0.4) is 0 Å². The average Bonchev–Trinajstić information content (AvgIpc) is 2.61. The average molecular weight is 214 g/mol. The molecule has 0 radical (unpaired) electrons. The van der Waals surface area contributed by atoms with E-state index in [4.69, 9.17) is 10.5 Å². The number of nitrogens with two attached hydrogens (primary N) is 1. The molecule has 1 saturated heterocycles. The molecule has 0 aliphatic carbocycles. The Morgan fingerprint density at radius 1 is 1.47 bits per heavy atom. The third kappa shape index (κ3) is 4.96. The van der Waals surface area contributed by atoms with Crippen molar-refractivity contribution in [3.63, 3.8) is 0 Å². The molecule has 0 saturated carbocycles. The second-order valence-electron chi connectivity index (χ2n) is 4.92. The van der Waals surface area contributed by atoms with Gasteiger partial charge in [-0.3, -0.25) is 0 Å². The van der Waals surface area contributed by atoms with Gasteiger partial charge in [0, 0.05) is 19.2 Å². The number of nitrogens with one attached hydrogen (secondary N) is 1. The molecule has 0 aromatic carbocycles. The Hall–Kier alpha value is -0.120. The Labute approximate surface area is 93.8 Å². The maximum absolute atomic E-state index is 5.94. The maximum atomic E-state index is 5.94. The van der Waals surface area contributed by atoms with Crippen LogP contribution in [0.5, 0.6) is 0 Å². The SMILES string of the molecule is CCCC(N)CCNCC1(C)CCCO1. The van der Waals surface area contributed by atoms with Crippen molar-refractivity contribution in [2.75, 3.05) is 19.7 Å². The van der Waals surface area contributed by atoms with Gasteiger partial charge in [0.05, 0.1) is 5.60 Å². The lowest BCUT2D eigenvalue weighted by atomic mass is 10.0. The van der Waals surface area contributed by atoms with Gasteiger partial charge in [-0.25, -0.2) is 0 Å². The normalized spacial score (nSPS) is 28.2. The van der Waals surface area contributed by atoms with Gasteiger partial charge in [0.2, 0.25) is 0 Å². The van der Waals surface area contributed by atoms with Crippen LogP contribution in [-0.2, 0) is 4.74 Å². The van der Waals surface area contributed by atoms with Crippen molar-refractivity contribution in [3.05, 3.63) is 0 Å². The first-order valence-electron chi connectivity index (χ1n) is 6.26. The highest BCUT2D eigenvalue weighted by atomic mass is 16.5. The highest BCUT2D eigenvalue weighted by Crippen LogP contribution is 2.23. The first-order chi connectivity index (χ1) is 7.16. The van der Waals surface area contributed by atoms with E-state index in [-0.39, 0.29) is 5.60 Å². The molecule has 1 rings (SSSR count). The van der Waals surface area contributed by atoms with E-state index < -0.39 is 0 Å². The Morgan fingerprint density at radius 2 is 2.27 bits per heavy atom. The molecule has 1 heterocycles. The zero-order valence-corrected chi connectivity index (χ0v) is 10.2. The Balaban J connectivity index is 2.01. The third-order valence-corrected chi connectivity index (χ3v) is 3.15. The van der Waals surface area contributed by atoms with E-state index in [9.17, 15) is 0 Å². The summed E-state index contributed by atoms with van der Waals surface area (Å²) in [4.78, 5) is 0. The Bertz CT molecular complexity index is 167. The molecule has 0 spiro atoms. The van der Waals surface area contributed by atoms with Gasteiger partial charge in [0.1, 0.15) is 0 Å². The quantitative estimate of drug-likeness (QED) is 0.634. The number of rotatable bonds is 7. The molecule has 0 amide bonds. The maximum Gasteiger partial charge on any atom is 0.0779 e. The number of hydrogen-bond acceptors (Lipinski definition) is 3. The van der Waals surface area contributed by atoms with Crippen molar-refractivity contribution < 1.29 is 4.74 Å². The fraction of sp³-hybridized carbons (Fsp3) is 1.00. The highest BCUT2D eigenvalue weighted by Gasteiger charge is 2.28. The van der Waals surface area contributed by atoms with Crippen LogP contribution in [0, 0.1) is 0 Å². The number of hydrogen-bond donors (Lipinski definition) is 2. The highest BCUT2D eigenvalue weighted by molar-refractivity contribution is 4.82. The van der Waals surface area contributed by atoms with Crippen LogP contribution in [-0.4, -0.2) is 31.3 Å². The van der Waals surface area contributed by atoms with E-state index in [1.54, 1.807) is 0 Å². The molecule has 90 valence electrons. The van der Waals surface area contributed by atoms with Crippen LogP contribution in [0.25, 0.3) is 0 Å². The van der Waals surface area contributed by atoms with Gasteiger partial charge in [0.15, 0.2) is 0 Å². The van der Waals surface area contributed by atoms with Crippen molar-refractivity contribution in [1.82, 2.24) is 5.32 Å². The van der Waals surface area contributed by atoms with Crippen molar-refractivity contribution in [3.8, 4) is 0 Å². The molecule has 1 fully saturated rings. The summed E-state index contributed by atoms with van der Waals surface area (Å²) in [5.74, 6) is 0. The summed E-state index contributed by atoms with van der Waals surface area (Å²) in [5.41, 5.74) is 6.02. The molecule has 3 N–H and O–H groups in total. The van der Waals surface area contributed by atoms with Gasteiger partial charge in [0.25, 0.3) is 0 Å². The van der Waals surface area contributed by atoms with Crippen molar-refractivity contribution in [2.24, 2.45) is 5.73 Å². The third-order valence-electron chi connectivity index (χ3n) is 3.15. The predicted octanol–water partition coefficient (Wildman–Crippen LogP) is 1.66. The molecular weight excluding hydrogens is 188 g/mol. The van der Waals surface area contributed by atoms with Crippen LogP contribution < -0.4 is 11.1 Å². The molecule has 2 unspecified atom stereocenters. The summed E-state index contributed by atoms with van der Waals surface area (Å²) in [5, 5.41) is 3.45. The fourth-order valence-electron chi connectivity index (χ4n) is 2.13. The van der Waals surface area contributed by atoms with Crippen molar-refractivity contribution >= 4 is 0 Å². The van der Waals surface area contributed by atoms with Crippen LogP contribution in [0.1, 0.15) is 46.0 Å². The van der Waals surface area contributed by atoms with E-state index in [1.807, 2.05) is 0 Å². The van der Waals surface area contributed by atoms with Gasteiger partial charge < -0.3 is 15.8 Å². The summed E-state index contributed by atoms with van der Waals surface area (Å²) in [7, 11) is 0. The van der Waals surface area contributed by atoms with Crippen LogP contribution in [0.4, 0.5) is 0 Å².